The number of nitrogens with zero attached hydrogens (tertiary/aromatic N) is 3. The van der Waals surface area contributed by atoms with E-state index in [-0.39, 0.29) is 47.3 Å². The number of aliphatic hydroxyl groups excluding tert-OH is 5. The Kier molecular flexibility index (Phi) is 10.7. The van der Waals surface area contributed by atoms with Gasteiger partial charge in [0.1, 0.15) is 65.4 Å². The van der Waals surface area contributed by atoms with Crippen molar-refractivity contribution in [3.63, 3.8) is 0 Å². The van der Waals surface area contributed by atoms with Crippen LogP contribution in [0, 0.1) is 0 Å². The number of aliphatic hydroxyl groups is 6. The summed E-state index contributed by atoms with van der Waals surface area (Å²) in [6.07, 6.45) is -7.41. The number of phenols is 2. The van der Waals surface area contributed by atoms with E-state index in [1.807, 2.05) is 0 Å². The molecule has 0 saturated carbocycles. The van der Waals surface area contributed by atoms with Crippen LogP contribution in [0.3, 0.4) is 0 Å². The lowest BCUT2D eigenvalue weighted by Gasteiger charge is -2.46. The van der Waals surface area contributed by atoms with Gasteiger partial charge < -0.3 is 69.6 Å². The van der Waals surface area contributed by atoms with Gasteiger partial charge in [-0.05, 0) is 40.9 Å². The molecular formula is C38H37N4O15+. The number of carbonyl (C=O) groups is 1. The second-order valence-corrected chi connectivity index (χ2v) is 13.4. The van der Waals surface area contributed by atoms with Crippen LogP contribution < -0.4 is 24.4 Å². The van der Waals surface area contributed by atoms with Crippen molar-refractivity contribution >= 4 is 35.3 Å². The molecule has 8 unspecified atom stereocenters. The summed E-state index contributed by atoms with van der Waals surface area (Å²) in [5.41, 5.74) is -1.84. The van der Waals surface area contributed by atoms with Crippen LogP contribution in [0.5, 0.6) is 34.5 Å². The first kappa shape index (κ1) is 38.9. The molecular weight excluding hydrogens is 752 g/mol. The van der Waals surface area contributed by atoms with Gasteiger partial charge in [0.05, 0.1) is 6.54 Å². The van der Waals surface area contributed by atoms with Gasteiger partial charge in [0.15, 0.2) is 29.4 Å². The molecule has 0 bridgehead atoms. The summed E-state index contributed by atoms with van der Waals surface area (Å²) in [5, 5.41) is 103. The van der Waals surface area contributed by atoms with Crippen molar-refractivity contribution in [3.05, 3.63) is 89.5 Å². The highest BCUT2D eigenvalue weighted by atomic mass is 16.7. The summed E-state index contributed by atoms with van der Waals surface area (Å²) >= 11 is 0. The van der Waals surface area contributed by atoms with Gasteiger partial charge in [-0.1, -0.05) is 24.3 Å². The summed E-state index contributed by atoms with van der Waals surface area (Å²) in [5.74, 6) is -4.06. The number of benzene rings is 3. The average Bonchev–Trinajstić information content (AvgIpc) is 3.87. The molecule has 57 heavy (non-hydrogen) atoms. The molecule has 19 heteroatoms. The molecule has 4 aliphatic heterocycles. The van der Waals surface area contributed by atoms with E-state index in [9.17, 15) is 50.8 Å². The Morgan fingerprint density at radius 1 is 1.05 bits per heavy atom. The van der Waals surface area contributed by atoms with Gasteiger partial charge in [-0.3, -0.25) is 10.4 Å². The van der Waals surface area contributed by atoms with E-state index < -0.39 is 84.1 Å². The van der Waals surface area contributed by atoms with Gasteiger partial charge in [-0.15, -0.1) is 0 Å². The molecule has 11 N–H and O–H groups in total. The van der Waals surface area contributed by atoms with E-state index in [0.29, 0.717) is 17.0 Å². The second-order valence-electron chi connectivity index (χ2n) is 13.4. The van der Waals surface area contributed by atoms with Crippen LogP contribution >= 0.6 is 0 Å². The molecule has 298 valence electrons. The summed E-state index contributed by atoms with van der Waals surface area (Å²) in [7, 11) is 0. The van der Waals surface area contributed by atoms with Gasteiger partial charge in [-0.25, -0.2) is 9.79 Å². The predicted molar refractivity (Wildman–Crippen MR) is 197 cm³/mol. The zero-order valence-corrected chi connectivity index (χ0v) is 29.6. The number of aromatic hydroxyl groups is 2. The Balaban J connectivity index is 1.18. The van der Waals surface area contributed by atoms with Crippen LogP contribution in [-0.2, 0) is 9.53 Å². The van der Waals surface area contributed by atoms with Gasteiger partial charge >= 0.3 is 11.8 Å². The van der Waals surface area contributed by atoms with Crippen molar-refractivity contribution in [2.75, 3.05) is 13.2 Å². The van der Waals surface area contributed by atoms with Crippen LogP contribution in [0.2, 0.25) is 0 Å². The number of nitrogens with two attached hydrogens (primary N) is 1. The normalized spacial score (nSPS) is 26.1. The van der Waals surface area contributed by atoms with Crippen molar-refractivity contribution in [3.8, 4) is 34.5 Å². The highest BCUT2D eigenvalue weighted by Crippen LogP contribution is 2.52. The van der Waals surface area contributed by atoms with Gasteiger partial charge in [0.25, 0.3) is 0 Å². The summed E-state index contributed by atoms with van der Waals surface area (Å²) in [6.45, 7) is -0.105. The fourth-order valence-corrected chi connectivity index (χ4v) is 6.52. The SMILES string of the molecule is [NH2+]=C1C=CC(C(O)COc2ccc(C3C=C(O)c4c(cc(OC5OC(C(=O)O)C(O)(CC6=NC=NC6)C(O)C5O)c(OC(O)c5cccc(O)c5)c4O)O3)cc2)=N1. The van der Waals surface area contributed by atoms with Gasteiger partial charge in [-0.2, -0.15) is 0 Å². The average molecular weight is 790 g/mol. The molecule has 0 aromatic heterocycles. The lowest BCUT2D eigenvalue weighted by atomic mass is 9.80. The molecule has 0 spiro atoms. The second kappa shape index (κ2) is 15.7. The minimum Gasteiger partial charge on any atom is -0.508 e. The Hall–Kier alpha value is -6.35. The number of fused-ring (bicyclic) bond motifs is 1. The van der Waals surface area contributed by atoms with Gasteiger partial charge in [0, 0.05) is 35.9 Å². The zero-order chi connectivity index (χ0) is 40.6. The largest absolute Gasteiger partial charge is 0.508 e. The Bertz CT molecular complexity index is 2220. The molecule has 3 aromatic carbocycles. The fraction of sp³-hybridized carbons (Fsp3) is 0.289. The molecule has 1 fully saturated rings. The van der Waals surface area contributed by atoms with Crippen molar-refractivity contribution < 1.29 is 79.8 Å². The Morgan fingerprint density at radius 2 is 1.82 bits per heavy atom. The molecule has 0 amide bonds. The van der Waals surface area contributed by atoms with E-state index in [1.165, 1.54) is 36.7 Å². The lowest BCUT2D eigenvalue weighted by molar-refractivity contribution is -0.303. The molecule has 19 nitrogen and oxygen atoms in total. The number of aliphatic imine (C=N–C) groups is 3. The van der Waals surface area contributed by atoms with E-state index in [4.69, 9.17) is 29.1 Å². The number of carboxylic acids is 1. The minimum absolute atomic E-state index is 0.0160. The zero-order valence-electron chi connectivity index (χ0n) is 29.6. The summed E-state index contributed by atoms with van der Waals surface area (Å²) in [6, 6.07) is 12.8. The lowest BCUT2D eigenvalue weighted by Crippen LogP contribution is -2.69. The predicted octanol–water partition coefficient (Wildman–Crippen LogP) is -0.377. The van der Waals surface area contributed by atoms with E-state index >= 15 is 0 Å². The first-order chi connectivity index (χ1) is 27.2. The van der Waals surface area contributed by atoms with Gasteiger partial charge in [0.2, 0.25) is 18.3 Å². The number of rotatable bonds is 13. The number of hydrogen-bond donors (Lipinski definition) is 10. The monoisotopic (exact) mass is 789 g/mol. The van der Waals surface area contributed by atoms with Crippen molar-refractivity contribution in [1.82, 2.24) is 0 Å². The summed E-state index contributed by atoms with van der Waals surface area (Å²) < 4.78 is 28.9. The number of aliphatic carboxylic acids is 1. The minimum atomic E-state index is -2.59. The molecule has 4 aliphatic rings. The molecule has 8 atom stereocenters. The number of phenolic OH excluding ortho intramolecular Hbond substituents is 2. The fourth-order valence-electron chi connectivity index (χ4n) is 6.52. The van der Waals surface area contributed by atoms with Crippen LogP contribution in [0.1, 0.15) is 35.5 Å². The van der Waals surface area contributed by atoms with E-state index in [1.54, 1.807) is 36.4 Å². The maximum Gasteiger partial charge on any atom is 0.336 e. The third-order valence-electron chi connectivity index (χ3n) is 9.42. The highest BCUT2D eigenvalue weighted by Gasteiger charge is 2.59. The number of ether oxygens (including phenoxy) is 5. The first-order valence-electron chi connectivity index (χ1n) is 17.3. The number of carboxylic acid groups (broad SMARTS) is 1. The van der Waals surface area contributed by atoms with Crippen LogP contribution in [0.4, 0.5) is 0 Å². The smallest absolute Gasteiger partial charge is 0.336 e. The molecule has 4 heterocycles. The molecule has 3 aromatic rings. The van der Waals surface area contributed by atoms with Crippen LogP contribution in [-0.4, -0.2) is 125 Å². The third kappa shape index (κ3) is 7.87. The number of amidine groups is 1. The molecule has 7 rings (SSSR count). The van der Waals surface area contributed by atoms with Crippen LogP contribution in [0.15, 0.2) is 87.8 Å². The highest BCUT2D eigenvalue weighted by molar-refractivity contribution is 6.14. The third-order valence-corrected chi connectivity index (χ3v) is 9.42. The quantitative estimate of drug-likeness (QED) is 0.0988. The molecule has 1 saturated heterocycles. The standard InChI is InChI=1S/C38H36N4O15/c39-28-9-8-22(42-28)24(45)15-53-21-6-4-17(5-7-21)25-11-23(44)29-26(54-25)12-27(32(30(29)46)56-36(51)18-2-1-3-20(43)10-18)55-37-31(47)33(48)38(52,34(57-37)35(49)50)13-19-14-40-16-41-19/h1-12,16,24-25,31,33-34,36-37,39,43-48,51-52H,13-15H2,(H,49,50)/p+1. The number of hydrogen-bond acceptors (Lipinski definition) is 16. The maximum absolute atomic E-state index is 12.4. The van der Waals surface area contributed by atoms with E-state index in [2.05, 4.69) is 15.0 Å². The van der Waals surface area contributed by atoms with Crippen molar-refractivity contribution in [1.29, 1.82) is 0 Å². The Morgan fingerprint density at radius 3 is 2.49 bits per heavy atom. The van der Waals surface area contributed by atoms with Crippen molar-refractivity contribution in [2.24, 2.45) is 15.0 Å². The molecule has 0 radical (unpaired) electrons. The Labute approximate surface area is 322 Å². The topological polar surface area (TPSA) is 308 Å². The summed E-state index contributed by atoms with van der Waals surface area (Å²) in [4.78, 5) is 24.2. The van der Waals surface area contributed by atoms with Crippen molar-refractivity contribution in [2.45, 2.75) is 55.1 Å². The molecule has 0 aliphatic carbocycles. The van der Waals surface area contributed by atoms with E-state index in [0.717, 1.165) is 6.07 Å². The first-order valence-corrected chi connectivity index (χ1v) is 17.3. The maximum atomic E-state index is 12.4. The van der Waals surface area contributed by atoms with Crippen LogP contribution in [0.25, 0.3) is 5.76 Å².